The smallest absolute Gasteiger partial charge is 0.338 e. The maximum absolute atomic E-state index is 11.5. The molecule has 7 nitrogen and oxygen atoms in total. The average molecular weight is 289 g/mol. The number of carbonyl (C=O) groups excluding carboxylic acids is 1. The Morgan fingerprint density at radius 2 is 2.24 bits per heavy atom. The van der Waals surface area contributed by atoms with Gasteiger partial charge in [-0.2, -0.15) is 0 Å². The van der Waals surface area contributed by atoms with Gasteiger partial charge in [0.1, 0.15) is 5.82 Å². The molecule has 0 amide bonds. The molecule has 0 N–H and O–H groups in total. The van der Waals surface area contributed by atoms with Crippen LogP contribution in [0.5, 0.6) is 0 Å². The maximum atomic E-state index is 11.5. The fraction of sp³-hybridized carbons (Fsp3) is 0.286. The molecule has 1 aromatic heterocycles. The minimum atomic E-state index is -0.610. The SMILES string of the molecule is CCCn1ccnc1-c1ccc(C(=O)OC)cc1[N+](=O)[O-]. The highest BCUT2D eigenvalue weighted by Crippen LogP contribution is 2.30. The summed E-state index contributed by atoms with van der Waals surface area (Å²) < 4.78 is 6.43. The number of aromatic nitrogens is 2. The van der Waals surface area contributed by atoms with Gasteiger partial charge < -0.3 is 9.30 Å². The number of imidazole rings is 1. The number of ether oxygens (including phenoxy) is 1. The number of methoxy groups -OCH3 is 1. The second-order valence-electron chi connectivity index (χ2n) is 4.42. The lowest BCUT2D eigenvalue weighted by molar-refractivity contribution is -0.384. The highest BCUT2D eigenvalue weighted by molar-refractivity contribution is 5.91. The molecule has 0 aliphatic carbocycles. The predicted octanol–water partition coefficient (Wildman–Crippen LogP) is 2.65. The monoisotopic (exact) mass is 289 g/mol. The Bertz CT molecular complexity index is 679. The Labute approximate surface area is 121 Å². The molecule has 0 saturated heterocycles. The van der Waals surface area contributed by atoms with Crippen LogP contribution in [0, 0.1) is 10.1 Å². The number of aryl methyl sites for hydroxylation is 1. The molecule has 0 bridgehead atoms. The highest BCUT2D eigenvalue weighted by Gasteiger charge is 2.21. The maximum Gasteiger partial charge on any atom is 0.338 e. The van der Waals surface area contributed by atoms with E-state index in [1.165, 1.54) is 25.3 Å². The van der Waals surface area contributed by atoms with Gasteiger partial charge in [0, 0.05) is 25.0 Å². The third-order valence-electron chi connectivity index (χ3n) is 3.04. The third kappa shape index (κ3) is 2.91. The van der Waals surface area contributed by atoms with Crippen molar-refractivity contribution in [3.63, 3.8) is 0 Å². The Morgan fingerprint density at radius 1 is 1.48 bits per heavy atom. The van der Waals surface area contributed by atoms with Gasteiger partial charge in [0.2, 0.25) is 0 Å². The molecule has 1 aromatic carbocycles. The number of nitro benzene ring substituents is 1. The minimum absolute atomic E-state index is 0.140. The summed E-state index contributed by atoms with van der Waals surface area (Å²) in [6, 6.07) is 4.24. The van der Waals surface area contributed by atoms with Crippen LogP contribution in [0.1, 0.15) is 23.7 Å². The topological polar surface area (TPSA) is 87.3 Å². The summed E-state index contributed by atoms with van der Waals surface area (Å²) in [6.45, 7) is 2.73. The van der Waals surface area contributed by atoms with Gasteiger partial charge in [0.25, 0.3) is 5.69 Å². The van der Waals surface area contributed by atoms with Crippen molar-refractivity contribution in [1.82, 2.24) is 9.55 Å². The van der Waals surface area contributed by atoms with Crippen LogP contribution in [0.25, 0.3) is 11.4 Å². The van der Waals surface area contributed by atoms with Crippen molar-refractivity contribution >= 4 is 11.7 Å². The van der Waals surface area contributed by atoms with Gasteiger partial charge >= 0.3 is 5.97 Å². The van der Waals surface area contributed by atoms with Crippen molar-refractivity contribution in [2.45, 2.75) is 19.9 Å². The lowest BCUT2D eigenvalue weighted by Gasteiger charge is -2.08. The van der Waals surface area contributed by atoms with Crippen molar-refractivity contribution in [3.05, 3.63) is 46.3 Å². The molecule has 0 spiro atoms. The van der Waals surface area contributed by atoms with E-state index in [0.717, 1.165) is 6.42 Å². The summed E-state index contributed by atoms with van der Waals surface area (Å²) in [7, 11) is 1.23. The van der Waals surface area contributed by atoms with Gasteiger partial charge in [-0.3, -0.25) is 10.1 Å². The molecule has 0 fully saturated rings. The zero-order chi connectivity index (χ0) is 15.4. The van der Waals surface area contributed by atoms with E-state index in [0.29, 0.717) is 17.9 Å². The van der Waals surface area contributed by atoms with Gasteiger partial charge in [0.15, 0.2) is 0 Å². The summed E-state index contributed by atoms with van der Waals surface area (Å²) in [5.41, 5.74) is 0.356. The second-order valence-corrected chi connectivity index (χ2v) is 4.42. The fourth-order valence-corrected chi connectivity index (χ4v) is 2.09. The van der Waals surface area contributed by atoms with Gasteiger partial charge in [0.05, 0.1) is 23.2 Å². The lowest BCUT2D eigenvalue weighted by atomic mass is 10.1. The minimum Gasteiger partial charge on any atom is -0.465 e. The molecule has 0 unspecified atom stereocenters. The summed E-state index contributed by atoms with van der Waals surface area (Å²) >= 11 is 0. The van der Waals surface area contributed by atoms with E-state index >= 15 is 0 Å². The second kappa shape index (κ2) is 6.17. The molecule has 0 aliphatic rings. The van der Waals surface area contributed by atoms with Crippen LogP contribution in [0.3, 0.4) is 0 Å². The van der Waals surface area contributed by atoms with E-state index in [-0.39, 0.29) is 11.3 Å². The van der Waals surface area contributed by atoms with E-state index in [2.05, 4.69) is 9.72 Å². The number of carbonyl (C=O) groups is 1. The number of hydrogen-bond donors (Lipinski definition) is 0. The molecule has 2 rings (SSSR count). The predicted molar refractivity (Wildman–Crippen MR) is 75.9 cm³/mol. The Hall–Kier alpha value is -2.70. The molecule has 21 heavy (non-hydrogen) atoms. The van der Waals surface area contributed by atoms with Crippen LogP contribution in [0.2, 0.25) is 0 Å². The largest absolute Gasteiger partial charge is 0.465 e. The van der Waals surface area contributed by atoms with E-state index in [1.807, 2.05) is 11.5 Å². The first-order valence-electron chi connectivity index (χ1n) is 6.46. The quantitative estimate of drug-likeness (QED) is 0.479. The van der Waals surface area contributed by atoms with Gasteiger partial charge in [-0.15, -0.1) is 0 Å². The van der Waals surface area contributed by atoms with Crippen LogP contribution in [0.15, 0.2) is 30.6 Å². The molecule has 0 aliphatic heterocycles. The first kappa shape index (κ1) is 14.7. The number of benzene rings is 1. The molecule has 2 aromatic rings. The van der Waals surface area contributed by atoms with Crippen molar-refractivity contribution in [1.29, 1.82) is 0 Å². The summed E-state index contributed by atoms with van der Waals surface area (Å²) in [6.07, 6.45) is 4.26. The fourth-order valence-electron chi connectivity index (χ4n) is 2.09. The molecule has 0 radical (unpaired) electrons. The van der Waals surface area contributed by atoms with Crippen LogP contribution in [-0.4, -0.2) is 27.6 Å². The van der Waals surface area contributed by atoms with Gasteiger partial charge in [-0.05, 0) is 18.6 Å². The van der Waals surface area contributed by atoms with Crippen molar-refractivity contribution in [2.75, 3.05) is 7.11 Å². The van der Waals surface area contributed by atoms with Crippen LogP contribution >= 0.6 is 0 Å². The summed E-state index contributed by atoms with van der Waals surface area (Å²) in [5.74, 6) is -0.0958. The van der Waals surface area contributed by atoms with E-state index < -0.39 is 10.9 Å². The molecular weight excluding hydrogens is 274 g/mol. The number of esters is 1. The average Bonchev–Trinajstić information content (AvgIpc) is 2.94. The van der Waals surface area contributed by atoms with Crippen molar-refractivity contribution in [2.24, 2.45) is 0 Å². The van der Waals surface area contributed by atoms with Crippen LogP contribution in [-0.2, 0) is 11.3 Å². The molecule has 0 atom stereocenters. The Kier molecular flexibility index (Phi) is 4.32. The Morgan fingerprint density at radius 3 is 2.86 bits per heavy atom. The number of nitro groups is 1. The molecular formula is C14H15N3O4. The Balaban J connectivity index is 2.55. The normalized spacial score (nSPS) is 10.4. The highest BCUT2D eigenvalue weighted by atomic mass is 16.6. The summed E-state index contributed by atoms with van der Waals surface area (Å²) in [4.78, 5) is 26.4. The van der Waals surface area contributed by atoms with E-state index in [9.17, 15) is 14.9 Å². The first-order valence-corrected chi connectivity index (χ1v) is 6.46. The van der Waals surface area contributed by atoms with Gasteiger partial charge in [-0.1, -0.05) is 6.92 Å². The molecule has 7 heteroatoms. The summed E-state index contributed by atoms with van der Waals surface area (Å²) in [5, 5.41) is 11.3. The third-order valence-corrected chi connectivity index (χ3v) is 3.04. The number of rotatable bonds is 5. The van der Waals surface area contributed by atoms with Gasteiger partial charge in [-0.25, -0.2) is 9.78 Å². The zero-order valence-corrected chi connectivity index (χ0v) is 11.8. The van der Waals surface area contributed by atoms with Crippen LogP contribution < -0.4 is 0 Å². The molecule has 0 saturated carbocycles. The van der Waals surface area contributed by atoms with Crippen molar-refractivity contribution < 1.29 is 14.5 Å². The van der Waals surface area contributed by atoms with Crippen molar-refractivity contribution in [3.8, 4) is 11.4 Å². The molecule has 110 valence electrons. The lowest BCUT2D eigenvalue weighted by Crippen LogP contribution is -2.05. The standard InChI is InChI=1S/C14H15N3O4/c1-3-7-16-8-6-15-13(16)11-5-4-10(14(18)21-2)9-12(11)17(19)20/h4-6,8-9H,3,7H2,1-2H3. The zero-order valence-electron chi connectivity index (χ0n) is 11.8. The first-order chi connectivity index (χ1) is 10.1. The van der Waals surface area contributed by atoms with E-state index in [4.69, 9.17) is 0 Å². The number of nitrogens with zero attached hydrogens (tertiary/aromatic N) is 3. The number of hydrogen-bond acceptors (Lipinski definition) is 5. The molecule has 1 heterocycles. The van der Waals surface area contributed by atoms with E-state index in [1.54, 1.807) is 12.4 Å². The van der Waals surface area contributed by atoms with Crippen LogP contribution in [0.4, 0.5) is 5.69 Å².